The second kappa shape index (κ2) is 7.47. The van der Waals surface area contributed by atoms with Crippen LogP contribution in [0.25, 0.3) is 0 Å². The number of amides is 2. The second-order valence-electron chi connectivity index (χ2n) is 5.49. The van der Waals surface area contributed by atoms with Crippen molar-refractivity contribution >= 4 is 29.1 Å². The van der Waals surface area contributed by atoms with Crippen LogP contribution in [0.15, 0.2) is 54.6 Å². The van der Waals surface area contributed by atoms with E-state index in [0.29, 0.717) is 23.7 Å². The first kappa shape index (κ1) is 16.5. The zero-order valence-corrected chi connectivity index (χ0v) is 13.7. The van der Waals surface area contributed by atoms with E-state index < -0.39 is 0 Å². The predicted molar refractivity (Wildman–Crippen MR) is 92.3 cm³/mol. The van der Waals surface area contributed by atoms with Crippen LogP contribution in [0.2, 0.25) is 5.02 Å². The van der Waals surface area contributed by atoms with Crippen LogP contribution < -0.4 is 10.2 Å². The molecule has 2 aromatic carbocycles. The van der Waals surface area contributed by atoms with E-state index in [-0.39, 0.29) is 24.5 Å². The number of carbonyl (C=O) groups is 2. The van der Waals surface area contributed by atoms with Crippen LogP contribution in [-0.2, 0) is 9.53 Å². The highest BCUT2D eigenvalue weighted by Gasteiger charge is 2.27. The number of nitrogens with one attached hydrogen (secondary N) is 1. The lowest BCUT2D eigenvalue weighted by Gasteiger charge is -2.33. The van der Waals surface area contributed by atoms with E-state index in [1.54, 1.807) is 35.2 Å². The molecule has 1 heterocycles. The monoisotopic (exact) mass is 344 g/mol. The Balaban J connectivity index is 1.61. The van der Waals surface area contributed by atoms with Gasteiger partial charge in [0, 0.05) is 22.8 Å². The fourth-order valence-corrected chi connectivity index (χ4v) is 2.72. The van der Waals surface area contributed by atoms with Gasteiger partial charge in [0.1, 0.15) is 6.61 Å². The zero-order chi connectivity index (χ0) is 16.9. The number of nitrogens with zero attached hydrogens (tertiary/aromatic N) is 1. The quantitative estimate of drug-likeness (QED) is 0.927. The topological polar surface area (TPSA) is 58.6 Å². The van der Waals surface area contributed by atoms with Crippen LogP contribution in [0, 0.1) is 0 Å². The van der Waals surface area contributed by atoms with Crippen molar-refractivity contribution < 1.29 is 14.3 Å². The first-order valence-electron chi connectivity index (χ1n) is 7.64. The summed E-state index contributed by atoms with van der Waals surface area (Å²) in [6.07, 6.45) is -0.269. The molecule has 1 atom stereocenters. The lowest BCUT2D eigenvalue weighted by atomic mass is 10.2. The largest absolute Gasteiger partial charge is 0.365 e. The number of hydrogen-bond donors (Lipinski definition) is 1. The van der Waals surface area contributed by atoms with Gasteiger partial charge < -0.3 is 15.0 Å². The molecular formula is C18H17ClN2O3. The lowest BCUT2D eigenvalue weighted by Crippen LogP contribution is -2.50. The van der Waals surface area contributed by atoms with Crippen molar-refractivity contribution in [2.24, 2.45) is 0 Å². The van der Waals surface area contributed by atoms with Crippen LogP contribution in [0.1, 0.15) is 10.4 Å². The number of halogens is 1. The fourth-order valence-electron chi connectivity index (χ4n) is 2.54. The van der Waals surface area contributed by atoms with Gasteiger partial charge in [0.25, 0.3) is 11.8 Å². The highest BCUT2D eigenvalue weighted by molar-refractivity contribution is 6.30. The van der Waals surface area contributed by atoms with Gasteiger partial charge in [0.2, 0.25) is 0 Å². The smallest absolute Gasteiger partial charge is 0.253 e. The number of morpholine rings is 1. The highest BCUT2D eigenvalue weighted by atomic mass is 35.5. The van der Waals surface area contributed by atoms with Gasteiger partial charge >= 0.3 is 0 Å². The summed E-state index contributed by atoms with van der Waals surface area (Å²) in [5.74, 6) is -0.284. The molecule has 3 rings (SSSR count). The number of hydrogen-bond acceptors (Lipinski definition) is 3. The summed E-state index contributed by atoms with van der Waals surface area (Å²) in [5.41, 5.74) is 1.33. The molecule has 0 aromatic heterocycles. The SMILES string of the molecule is O=C(NCC1CN(c2cccc(Cl)c2)C(=O)CO1)c1ccccc1. The number of anilines is 1. The highest BCUT2D eigenvalue weighted by Crippen LogP contribution is 2.22. The summed E-state index contributed by atoms with van der Waals surface area (Å²) < 4.78 is 5.52. The van der Waals surface area contributed by atoms with Gasteiger partial charge in [-0.05, 0) is 30.3 Å². The molecule has 5 nitrogen and oxygen atoms in total. The van der Waals surface area contributed by atoms with Gasteiger partial charge in [-0.15, -0.1) is 0 Å². The first-order valence-corrected chi connectivity index (χ1v) is 8.02. The third kappa shape index (κ3) is 3.93. The number of benzene rings is 2. The molecule has 2 aromatic rings. The van der Waals surface area contributed by atoms with Crippen LogP contribution in [0.4, 0.5) is 5.69 Å². The number of rotatable bonds is 4. The molecule has 0 saturated carbocycles. The second-order valence-corrected chi connectivity index (χ2v) is 5.93. The normalized spacial score (nSPS) is 17.6. The van der Waals surface area contributed by atoms with Crippen molar-refractivity contribution in [1.82, 2.24) is 5.32 Å². The zero-order valence-electron chi connectivity index (χ0n) is 12.9. The third-order valence-electron chi connectivity index (χ3n) is 3.78. The Labute approximate surface area is 145 Å². The Bertz CT molecular complexity index is 736. The molecule has 1 aliphatic rings. The first-order chi connectivity index (χ1) is 11.6. The predicted octanol–water partition coefficient (Wildman–Crippen LogP) is 2.50. The molecule has 6 heteroatoms. The van der Waals surface area contributed by atoms with Crippen molar-refractivity contribution in [2.45, 2.75) is 6.10 Å². The van der Waals surface area contributed by atoms with Crippen molar-refractivity contribution in [3.63, 3.8) is 0 Å². The molecule has 0 aliphatic carbocycles. The van der Waals surface area contributed by atoms with Gasteiger partial charge in [-0.1, -0.05) is 35.9 Å². The maximum Gasteiger partial charge on any atom is 0.253 e. The van der Waals surface area contributed by atoms with E-state index in [1.807, 2.05) is 24.3 Å². The molecule has 2 amide bonds. The van der Waals surface area contributed by atoms with Gasteiger partial charge in [-0.25, -0.2) is 0 Å². The molecule has 1 saturated heterocycles. The van der Waals surface area contributed by atoms with E-state index in [4.69, 9.17) is 16.3 Å². The summed E-state index contributed by atoms with van der Waals surface area (Å²) >= 11 is 5.99. The van der Waals surface area contributed by atoms with Crippen molar-refractivity contribution in [1.29, 1.82) is 0 Å². The molecule has 24 heavy (non-hydrogen) atoms. The maximum absolute atomic E-state index is 12.1. The van der Waals surface area contributed by atoms with E-state index in [0.717, 1.165) is 5.69 Å². The molecule has 1 unspecified atom stereocenters. The van der Waals surface area contributed by atoms with Crippen molar-refractivity contribution in [3.05, 3.63) is 65.2 Å². The van der Waals surface area contributed by atoms with E-state index in [2.05, 4.69) is 5.32 Å². The maximum atomic E-state index is 12.1. The molecule has 1 fully saturated rings. The lowest BCUT2D eigenvalue weighted by molar-refractivity contribution is -0.129. The minimum atomic E-state index is -0.269. The summed E-state index contributed by atoms with van der Waals surface area (Å²) in [5, 5.41) is 3.41. The molecule has 0 radical (unpaired) electrons. The molecule has 1 N–H and O–H groups in total. The van der Waals surface area contributed by atoms with Crippen molar-refractivity contribution in [2.75, 3.05) is 24.6 Å². The van der Waals surface area contributed by atoms with Crippen molar-refractivity contribution in [3.8, 4) is 0 Å². The van der Waals surface area contributed by atoms with Crippen LogP contribution in [0.5, 0.6) is 0 Å². The Morgan fingerprint density at radius 1 is 1.21 bits per heavy atom. The van der Waals surface area contributed by atoms with E-state index in [9.17, 15) is 9.59 Å². The summed E-state index contributed by atoms with van der Waals surface area (Å²) in [7, 11) is 0. The third-order valence-corrected chi connectivity index (χ3v) is 4.01. The van der Waals surface area contributed by atoms with E-state index in [1.165, 1.54) is 0 Å². The van der Waals surface area contributed by atoms with Gasteiger partial charge in [-0.2, -0.15) is 0 Å². The molecule has 0 bridgehead atoms. The standard InChI is InChI=1S/C18H17ClN2O3/c19-14-7-4-8-15(9-14)21-11-16(24-12-17(21)22)10-20-18(23)13-5-2-1-3-6-13/h1-9,16H,10-12H2,(H,20,23). The molecular weight excluding hydrogens is 328 g/mol. The van der Waals surface area contributed by atoms with E-state index >= 15 is 0 Å². The number of carbonyl (C=O) groups excluding carboxylic acids is 2. The summed E-state index contributed by atoms with van der Waals surface area (Å²) in [6.45, 7) is 0.685. The average molecular weight is 345 g/mol. The Kier molecular flexibility index (Phi) is 5.13. The molecule has 1 aliphatic heterocycles. The van der Waals surface area contributed by atoms with Gasteiger partial charge in [0.15, 0.2) is 0 Å². The summed E-state index contributed by atoms with van der Waals surface area (Å²) in [4.78, 5) is 25.8. The Morgan fingerprint density at radius 3 is 2.75 bits per heavy atom. The van der Waals surface area contributed by atoms with Crippen LogP contribution in [-0.4, -0.2) is 37.6 Å². The fraction of sp³-hybridized carbons (Fsp3) is 0.222. The van der Waals surface area contributed by atoms with Gasteiger partial charge in [-0.3, -0.25) is 9.59 Å². The van der Waals surface area contributed by atoms with Gasteiger partial charge in [0.05, 0.1) is 12.6 Å². The Morgan fingerprint density at radius 2 is 2.00 bits per heavy atom. The Hall–Kier alpha value is -2.37. The minimum Gasteiger partial charge on any atom is -0.365 e. The summed E-state index contributed by atoms with van der Waals surface area (Å²) in [6, 6.07) is 16.1. The average Bonchev–Trinajstić information content (AvgIpc) is 2.61. The molecule has 124 valence electrons. The van der Waals surface area contributed by atoms with Crippen LogP contribution >= 0.6 is 11.6 Å². The minimum absolute atomic E-state index is 0.0155. The van der Waals surface area contributed by atoms with Crippen LogP contribution in [0.3, 0.4) is 0 Å². The number of ether oxygens (including phenoxy) is 1. The molecule has 0 spiro atoms.